The topological polar surface area (TPSA) is 63.7 Å². The van der Waals surface area contributed by atoms with E-state index in [1.807, 2.05) is 18.2 Å². The van der Waals surface area contributed by atoms with E-state index in [0.29, 0.717) is 13.2 Å². The van der Waals surface area contributed by atoms with Crippen LogP contribution in [0.2, 0.25) is 0 Å². The molecule has 3 rings (SSSR count). The molecular formula is C16H21N3O3S. The smallest absolute Gasteiger partial charge is 0.226 e. The average molecular weight is 335 g/mol. The number of rotatable bonds is 7. The molecule has 0 aliphatic carbocycles. The Morgan fingerprint density at radius 2 is 2.26 bits per heavy atom. The maximum Gasteiger partial charge on any atom is 0.226 e. The number of carbonyl (C=O) groups is 1. The number of hydrogen-bond donors (Lipinski definition) is 1. The molecule has 0 atom stereocenters. The van der Waals surface area contributed by atoms with Crippen molar-refractivity contribution >= 4 is 32.6 Å². The molecule has 1 aliphatic heterocycles. The second-order valence-corrected chi connectivity index (χ2v) is 6.58. The number of carbonyl (C=O) groups excluding carboxylic acids is 1. The minimum absolute atomic E-state index is 0.0547. The zero-order valence-electron chi connectivity index (χ0n) is 13.4. The van der Waals surface area contributed by atoms with Gasteiger partial charge in [-0.2, -0.15) is 0 Å². The minimum atomic E-state index is 0.0547. The van der Waals surface area contributed by atoms with Crippen LogP contribution in [0.15, 0.2) is 18.2 Å². The summed E-state index contributed by atoms with van der Waals surface area (Å²) in [5, 5.41) is 3.92. The number of hydrogen-bond acceptors (Lipinski definition) is 6. The number of aromatic nitrogens is 1. The maximum atomic E-state index is 12.0. The van der Waals surface area contributed by atoms with Crippen LogP contribution < -0.4 is 15.0 Å². The van der Waals surface area contributed by atoms with E-state index >= 15 is 0 Å². The Morgan fingerprint density at radius 1 is 1.43 bits per heavy atom. The third-order valence-electron chi connectivity index (χ3n) is 3.93. The van der Waals surface area contributed by atoms with E-state index in [-0.39, 0.29) is 11.8 Å². The average Bonchev–Trinajstić information content (AvgIpc) is 2.92. The maximum absolute atomic E-state index is 12.0. The van der Waals surface area contributed by atoms with Crippen molar-refractivity contribution in [2.75, 3.05) is 45.4 Å². The fourth-order valence-corrected chi connectivity index (χ4v) is 3.49. The molecular weight excluding hydrogens is 314 g/mol. The van der Waals surface area contributed by atoms with Crippen LogP contribution in [-0.4, -0.2) is 51.4 Å². The summed E-state index contributed by atoms with van der Waals surface area (Å²) in [6, 6.07) is 5.90. The second-order valence-electron chi connectivity index (χ2n) is 5.57. The Morgan fingerprint density at radius 3 is 3.00 bits per heavy atom. The van der Waals surface area contributed by atoms with Crippen LogP contribution >= 0.6 is 11.3 Å². The summed E-state index contributed by atoms with van der Waals surface area (Å²) in [4.78, 5) is 18.8. The Hall–Kier alpha value is -1.86. The molecule has 1 saturated heterocycles. The first-order valence-electron chi connectivity index (χ1n) is 7.67. The Bertz CT molecular complexity index is 682. The van der Waals surface area contributed by atoms with Crippen molar-refractivity contribution in [3.8, 4) is 5.75 Å². The van der Waals surface area contributed by atoms with Gasteiger partial charge in [0.25, 0.3) is 0 Å². The van der Waals surface area contributed by atoms with Gasteiger partial charge in [-0.15, -0.1) is 0 Å². The highest BCUT2D eigenvalue weighted by molar-refractivity contribution is 7.22. The van der Waals surface area contributed by atoms with Crippen molar-refractivity contribution in [3.63, 3.8) is 0 Å². The van der Waals surface area contributed by atoms with Gasteiger partial charge in [0, 0.05) is 39.4 Å². The summed E-state index contributed by atoms with van der Waals surface area (Å²) in [5.41, 5.74) is 0.941. The first kappa shape index (κ1) is 16.0. The third kappa shape index (κ3) is 3.56. The van der Waals surface area contributed by atoms with Crippen LogP contribution in [0.5, 0.6) is 5.75 Å². The van der Waals surface area contributed by atoms with Gasteiger partial charge in [0.2, 0.25) is 5.91 Å². The zero-order valence-corrected chi connectivity index (χ0v) is 14.2. The van der Waals surface area contributed by atoms with Crippen LogP contribution in [0.3, 0.4) is 0 Å². The molecule has 1 aromatic carbocycles. The van der Waals surface area contributed by atoms with Gasteiger partial charge in [-0.1, -0.05) is 11.3 Å². The molecule has 6 nitrogen and oxygen atoms in total. The number of nitrogens with zero attached hydrogens (tertiary/aromatic N) is 2. The van der Waals surface area contributed by atoms with Gasteiger partial charge in [-0.25, -0.2) is 4.98 Å². The normalized spacial score (nSPS) is 14.8. The number of fused-ring (bicyclic) bond motifs is 1. The van der Waals surface area contributed by atoms with Crippen LogP contribution in [0.4, 0.5) is 5.13 Å². The molecule has 7 heteroatoms. The third-order valence-corrected chi connectivity index (χ3v) is 5.03. The molecule has 124 valence electrons. The standard InChI is InChI=1S/C16H21N3O3S/c1-21-7-3-6-17-15(20)11-9-19(10-11)16-18-13-8-12(22-2)4-5-14(13)23-16/h4-5,8,11H,3,6-7,9-10H2,1-2H3,(H,17,20). The fraction of sp³-hybridized carbons (Fsp3) is 0.500. The molecule has 0 bridgehead atoms. The largest absolute Gasteiger partial charge is 0.497 e. The van der Waals surface area contributed by atoms with Gasteiger partial charge in [0.15, 0.2) is 5.13 Å². The second kappa shape index (κ2) is 7.14. The van der Waals surface area contributed by atoms with Crippen LogP contribution in [-0.2, 0) is 9.53 Å². The molecule has 1 fully saturated rings. The first-order chi connectivity index (χ1) is 11.2. The number of anilines is 1. The summed E-state index contributed by atoms with van der Waals surface area (Å²) in [6.45, 7) is 2.80. The minimum Gasteiger partial charge on any atom is -0.497 e. The number of amides is 1. The van der Waals surface area contributed by atoms with Crippen molar-refractivity contribution in [2.24, 2.45) is 5.92 Å². The lowest BCUT2D eigenvalue weighted by molar-refractivity contribution is -0.125. The number of methoxy groups -OCH3 is 2. The Labute approximate surface area is 139 Å². The molecule has 1 amide bonds. The number of nitrogens with one attached hydrogen (secondary N) is 1. The molecule has 1 aliphatic rings. The highest BCUT2D eigenvalue weighted by Gasteiger charge is 2.34. The molecule has 0 radical (unpaired) electrons. The quantitative estimate of drug-likeness (QED) is 0.783. The summed E-state index contributed by atoms with van der Waals surface area (Å²) >= 11 is 1.65. The summed E-state index contributed by atoms with van der Waals surface area (Å²) in [6.07, 6.45) is 0.846. The predicted molar refractivity (Wildman–Crippen MR) is 91.4 cm³/mol. The highest BCUT2D eigenvalue weighted by Crippen LogP contribution is 2.34. The molecule has 0 spiro atoms. The van der Waals surface area contributed by atoms with Gasteiger partial charge in [-0.05, 0) is 18.6 Å². The van der Waals surface area contributed by atoms with Crippen LogP contribution in [0.1, 0.15) is 6.42 Å². The van der Waals surface area contributed by atoms with Gasteiger partial charge < -0.3 is 19.7 Å². The monoisotopic (exact) mass is 335 g/mol. The Kier molecular flexibility index (Phi) is 4.97. The fourth-order valence-electron chi connectivity index (χ4n) is 2.53. The SMILES string of the molecule is COCCCNC(=O)C1CN(c2nc3cc(OC)ccc3s2)C1. The first-order valence-corrected chi connectivity index (χ1v) is 8.49. The highest BCUT2D eigenvalue weighted by atomic mass is 32.1. The summed E-state index contributed by atoms with van der Waals surface area (Å²) in [5.74, 6) is 0.991. The van der Waals surface area contributed by atoms with Crippen molar-refractivity contribution in [2.45, 2.75) is 6.42 Å². The van der Waals surface area contributed by atoms with E-state index in [9.17, 15) is 4.79 Å². The van der Waals surface area contributed by atoms with Crippen molar-refractivity contribution in [3.05, 3.63) is 18.2 Å². The van der Waals surface area contributed by atoms with Crippen LogP contribution in [0, 0.1) is 5.92 Å². The van der Waals surface area contributed by atoms with E-state index < -0.39 is 0 Å². The zero-order chi connectivity index (χ0) is 16.2. The number of thiazole rings is 1. The summed E-state index contributed by atoms with van der Waals surface area (Å²) < 4.78 is 11.3. The molecule has 0 saturated carbocycles. The van der Waals surface area contributed by atoms with Gasteiger partial charge in [-0.3, -0.25) is 4.79 Å². The van der Waals surface area contributed by atoms with E-state index in [0.717, 1.165) is 40.6 Å². The number of benzene rings is 1. The van der Waals surface area contributed by atoms with Crippen LogP contribution in [0.25, 0.3) is 10.2 Å². The van der Waals surface area contributed by atoms with Crippen molar-refractivity contribution < 1.29 is 14.3 Å². The van der Waals surface area contributed by atoms with E-state index in [1.165, 1.54) is 0 Å². The van der Waals surface area contributed by atoms with Gasteiger partial charge >= 0.3 is 0 Å². The van der Waals surface area contributed by atoms with E-state index in [1.54, 1.807) is 25.6 Å². The summed E-state index contributed by atoms with van der Waals surface area (Å²) in [7, 11) is 3.32. The molecule has 0 unspecified atom stereocenters. The number of ether oxygens (including phenoxy) is 2. The van der Waals surface area contributed by atoms with Gasteiger partial charge in [0.1, 0.15) is 5.75 Å². The molecule has 2 aromatic rings. The van der Waals surface area contributed by atoms with E-state index in [2.05, 4.69) is 15.2 Å². The molecule has 1 N–H and O–H groups in total. The lowest BCUT2D eigenvalue weighted by Crippen LogP contribution is -2.53. The van der Waals surface area contributed by atoms with E-state index in [4.69, 9.17) is 9.47 Å². The lowest BCUT2D eigenvalue weighted by Gasteiger charge is -2.37. The predicted octanol–water partition coefficient (Wildman–Crippen LogP) is 1.89. The van der Waals surface area contributed by atoms with Gasteiger partial charge in [0.05, 0.1) is 23.2 Å². The lowest BCUT2D eigenvalue weighted by atomic mass is 10.00. The van der Waals surface area contributed by atoms with Crippen molar-refractivity contribution in [1.29, 1.82) is 0 Å². The Balaban J connectivity index is 1.53. The molecule has 2 heterocycles. The molecule has 23 heavy (non-hydrogen) atoms. The van der Waals surface area contributed by atoms with Crippen molar-refractivity contribution in [1.82, 2.24) is 10.3 Å². The molecule has 1 aromatic heterocycles.